The predicted octanol–water partition coefficient (Wildman–Crippen LogP) is 3.05. The van der Waals surface area contributed by atoms with E-state index in [1.54, 1.807) is 13.0 Å². The second kappa shape index (κ2) is 4.45. The van der Waals surface area contributed by atoms with Gasteiger partial charge in [-0.3, -0.25) is 4.98 Å². The van der Waals surface area contributed by atoms with Crippen LogP contribution in [0, 0.1) is 6.92 Å². The molecule has 1 atom stereocenters. The van der Waals surface area contributed by atoms with Crippen molar-refractivity contribution in [2.75, 3.05) is 0 Å². The van der Waals surface area contributed by atoms with Gasteiger partial charge >= 0.3 is 6.18 Å². The average Bonchev–Trinajstić information content (AvgIpc) is 2.74. The first kappa shape index (κ1) is 12.6. The molecule has 2 aromatic heterocycles. The van der Waals surface area contributed by atoms with Gasteiger partial charge in [-0.05, 0) is 19.1 Å². The molecule has 0 aliphatic carbocycles. The standard InChI is InChI=1S/C12H11F3N2O/c1-7-4-8(6-18-7)11(16)9-5-17-3-2-10(9)12(13,14)15/h2-6,11H,16H2,1H3. The van der Waals surface area contributed by atoms with Crippen molar-refractivity contribution in [2.24, 2.45) is 5.73 Å². The summed E-state index contributed by atoms with van der Waals surface area (Å²) in [5.74, 6) is 0.595. The van der Waals surface area contributed by atoms with Gasteiger partial charge in [-0.2, -0.15) is 13.2 Å². The Kier molecular flexibility index (Phi) is 3.13. The van der Waals surface area contributed by atoms with E-state index in [0.717, 1.165) is 18.5 Å². The maximum absolute atomic E-state index is 12.8. The zero-order valence-electron chi connectivity index (χ0n) is 9.53. The van der Waals surface area contributed by atoms with Crippen LogP contribution in [0.2, 0.25) is 0 Å². The van der Waals surface area contributed by atoms with Gasteiger partial charge in [0.05, 0.1) is 17.9 Å². The molecule has 96 valence electrons. The molecule has 0 aliphatic heterocycles. The highest BCUT2D eigenvalue weighted by Gasteiger charge is 2.35. The second-order valence-electron chi connectivity index (χ2n) is 3.93. The van der Waals surface area contributed by atoms with E-state index in [2.05, 4.69) is 4.98 Å². The fraction of sp³-hybridized carbons (Fsp3) is 0.250. The Morgan fingerprint density at radius 1 is 1.39 bits per heavy atom. The molecule has 0 spiro atoms. The molecule has 2 heterocycles. The first-order chi connectivity index (χ1) is 8.39. The molecule has 0 aliphatic rings. The van der Waals surface area contributed by atoms with Crippen LogP contribution in [-0.2, 0) is 6.18 Å². The lowest BCUT2D eigenvalue weighted by Gasteiger charge is -2.16. The maximum atomic E-state index is 12.8. The summed E-state index contributed by atoms with van der Waals surface area (Å²) in [4.78, 5) is 3.70. The number of hydrogen-bond donors (Lipinski definition) is 1. The molecular weight excluding hydrogens is 245 g/mol. The van der Waals surface area contributed by atoms with E-state index >= 15 is 0 Å². The van der Waals surface area contributed by atoms with E-state index in [9.17, 15) is 13.2 Å². The third-order valence-corrected chi connectivity index (χ3v) is 2.60. The molecule has 0 bridgehead atoms. The Balaban J connectivity index is 2.45. The smallest absolute Gasteiger partial charge is 0.416 e. The largest absolute Gasteiger partial charge is 0.469 e. The van der Waals surface area contributed by atoms with Crippen molar-refractivity contribution in [1.29, 1.82) is 0 Å². The Hall–Kier alpha value is -1.82. The minimum absolute atomic E-state index is 0.0641. The number of nitrogens with two attached hydrogens (primary N) is 1. The third kappa shape index (κ3) is 2.38. The van der Waals surface area contributed by atoms with Crippen molar-refractivity contribution >= 4 is 0 Å². The van der Waals surface area contributed by atoms with E-state index in [4.69, 9.17) is 10.2 Å². The molecule has 0 fully saturated rings. The van der Waals surface area contributed by atoms with E-state index in [1.807, 2.05) is 0 Å². The van der Waals surface area contributed by atoms with Crippen LogP contribution in [0.15, 0.2) is 35.2 Å². The number of aromatic nitrogens is 1. The lowest BCUT2D eigenvalue weighted by atomic mass is 9.98. The fourth-order valence-electron chi connectivity index (χ4n) is 1.72. The summed E-state index contributed by atoms with van der Waals surface area (Å²) in [5, 5.41) is 0. The highest BCUT2D eigenvalue weighted by atomic mass is 19.4. The van der Waals surface area contributed by atoms with E-state index in [-0.39, 0.29) is 5.56 Å². The summed E-state index contributed by atoms with van der Waals surface area (Å²) in [5.41, 5.74) is 5.48. The van der Waals surface area contributed by atoms with Crippen LogP contribution < -0.4 is 5.73 Å². The highest BCUT2D eigenvalue weighted by molar-refractivity contribution is 5.35. The molecule has 0 saturated carbocycles. The summed E-state index contributed by atoms with van der Waals surface area (Å²) < 4.78 is 43.5. The van der Waals surface area contributed by atoms with Crippen molar-refractivity contribution < 1.29 is 17.6 Å². The third-order valence-electron chi connectivity index (χ3n) is 2.60. The van der Waals surface area contributed by atoms with Gasteiger partial charge in [0, 0.05) is 23.5 Å². The number of halogens is 3. The van der Waals surface area contributed by atoms with Crippen LogP contribution in [0.1, 0.15) is 28.5 Å². The Morgan fingerprint density at radius 3 is 2.67 bits per heavy atom. The van der Waals surface area contributed by atoms with Crippen LogP contribution in [0.4, 0.5) is 13.2 Å². The van der Waals surface area contributed by atoms with Crippen molar-refractivity contribution in [1.82, 2.24) is 4.98 Å². The van der Waals surface area contributed by atoms with Gasteiger partial charge in [-0.15, -0.1) is 0 Å². The van der Waals surface area contributed by atoms with E-state index < -0.39 is 17.8 Å². The molecule has 2 N–H and O–H groups in total. The summed E-state index contributed by atoms with van der Waals surface area (Å²) in [6.45, 7) is 1.70. The monoisotopic (exact) mass is 256 g/mol. The van der Waals surface area contributed by atoms with Crippen LogP contribution >= 0.6 is 0 Å². The molecule has 2 rings (SSSR count). The minimum Gasteiger partial charge on any atom is -0.469 e. The van der Waals surface area contributed by atoms with Crippen molar-refractivity contribution in [3.63, 3.8) is 0 Å². The average molecular weight is 256 g/mol. The van der Waals surface area contributed by atoms with E-state index in [0.29, 0.717) is 11.3 Å². The molecular formula is C12H11F3N2O. The second-order valence-corrected chi connectivity index (χ2v) is 3.93. The molecule has 3 nitrogen and oxygen atoms in total. The zero-order chi connectivity index (χ0) is 13.3. The Labute approximate surface area is 101 Å². The quantitative estimate of drug-likeness (QED) is 0.898. The topological polar surface area (TPSA) is 52.0 Å². The van der Waals surface area contributed by atoms with Crippen LogP contribution in [-0.4, -0.2) is 4.98 Å². The number of alkyl halides is 3. The molecule has 6 heteroatoms. The summed E-state index contributed by atoms with van der Waals surface area (Å²) >= 11 is 0. The normalized spacial score (nSPS) is 13.6. The highest BCUT2D eigenvalue weighted by Crippen LogP contribution is 2.35. The van der Waals surface area contributed by atoms with Gasteiger partial charge in [0.1, 0.15) is 5.76 Å². The number of nitrogens with zero attached hydrogens (tertiary/aromatic N) is 1. The number of hydrogen-bond acceptors (Lipinski definition) is 3. The SMILES string of the molecule is Cc1cc(C(N)c2cnccc2C(F)(F)F)co1. The lowest BCUT2D eigenvalue weighted by molar-refractivity contribution is -0.138. The molecule has 18 heavy (non-hydrogen) atoms. The van der Waals surface area contributed by atoms with Crippen LogP contribution in [0.25, 0.3) is 0 Å². The van der Waals surface area contributed by atoms with Gasteiger partial charge in [0.15, 0.2) is 0 Å². The van der Waals surface area contributed by atoms with Crippen LogP contribution in [0.3, 0.4) is 0 Å². The van der Waals surface area contributed by atoms with E-state index in [1.165, 1.54) is 6.26 Å². The fourth-order valence-corrected chi connectivity index (χ4v) is 1.72. The molecule has 0 aromatic carbocycles. The number of aryl methyl sites for hydroxylation is 1. The maximum Gasteiger partial charge on any atom is 0.416 e. The van der Waals surface area contributed by atoms with Crippen molar-refractivity contribution in [3.05, 3.63) is 53.2 Å². The predicted molar refractivity (Wildman–Crippen MR) is 58.7 cm³/mol. The summed E-state index contributed by atoms with van der Waals surface area (Å²) in [6, 6.07) is 1.62. The lowest BCUT2D eigenvalue weighted by Crippen LogP contribution is -2.18. The molecule has 0 amide bonds. The molecule has 0 radical (unpaired) electrons. The van der Waals surface area contributed by atoms with Crippen LogP contribution in [0.5, 0.6) is 0 Å². The number of furan rings is 1. The molecule has 0 saturated heterocycles. The van der Waals surface area contributed by atoms with Gasteiger partial charge in [-0.25, -0.2) is 0 Å². The van der Waals surface area contributed by atoms with Gasteiger partial charge in [-0.1, -0.05) is 0 Å². The first-order valence-corrected chi connectivity index (χ1v) is 5.21. The number of pyridine rings is 1. The van der Waals surface area contributed by atoms with Crippen molar-refractivity contribution in [3.8, 4) is 0 Å². The van der Waals surface area contributed by atoms with Crippen molar-refractivity contribution in [2.45, 2.75) is 19.1 Å². The Morgan fingerprint density at radius 2 is 2.11 bits per heavy atom. The molecule has 2 aromatic rings. The minimum atomic E-state index is -4.45. The summed E-state index contributed by atoms with van der Waals surface area (Å²) in [6.07, 6.45) is -0.864. The Bertz CT molecular complexity index is 548. The number of rotatable bonds is 2. The summed E-state index contributed by atoms with van der Waals surface area (Å²) in [7, 11) is 0. The van der Waals surface area contributed by atoms with Gasteiger partial charge < -0.3 is 10.2 Å². The molecule has 1 unspecified atom stereocenters. The van der Waals surface area contributed by atoms with Gasteiger partial charge in [0.25, 0.3) is 0 Å². The first-order valence-electron chi connectivity index (χ1n) is 5.21. The van der Waals surface area contributed by atoms with Gasteiger partial charge in [0.2, 0.25) is 0 Å². The zero-order valence-corrected chi connectivity index (χ0v) is 9.53.